The third-order valence-corrected chi connectivity index (χ3v) is 3.49. The number of rotatable bonds is 7. The van der Waals surface area contributed by atoms with Crippen LogP contribution in [0.1, 0.15) is 18.1 Å². The van der Waals surface area contributed by atoms with E-state index in [-0.39, 0.29) is 23.6 Å². The van der Waals surface area contributed by atoms with Gasteiger partial charge in [-0.3, -0.25) is 25.7 Å². The number of aromatic hydroxyl groups is 1. The fourth-order valence-electron chi connectivity index (χ4n) is 2.22. The van der Waals surface area contributed by atoms with Crippen molar-refractivity contribution in [2.24, 2.45) is 5.10 Å². The van der Waals surface area contributed by atoms with Crippen LogP contribution in [0.4, 0.5) is 30.2 Å². The van der Waals surface area contributed by atoms with Crippen LogP contribution < -0.4 is 10.2 Å². The molecule has 2 N–H and O–H groups in total. The van der Waals surface area contributed by atoms with Crippen molar-refractivity contribution < 1.29 is 32.9 Å². The molecule has 29 heavy (non-hydrogen) atoms. The van der Waals surface area contributed by atoms with Crippen LogP contribution in [-0.2, 0) is 6.18 Å². The Labute approximate surface area is 160 Å². The molecule has 0 atom stereocenters. The zero-order valence-corrected chi connectivity index (χ0v) is 14.6. The van der Waals surface area contributed by atoms with Crippen molar-refractivity contribution >= 4 is 23.3 Å². The van der Waals surface area contributed by atoms with Gasteiger partial charge in [-0.1, -0.05) is 0 Å². The number of nitro groups is 2. The molecule has 2 rings (SSSR count). The minimum absolute atomic E-state index is 0.0972. The molecular weight excluding hydrogens is 401 g/mol. The van der Waals surface area contributed by atoms with Crippen LogP contribution in [0.15, 0.2) is 35.4 Å². The number of nitrogens with one attached hydrogen (secondary N) is 1. The Morgan fingerprint density at radius 1 is 1.17 bits per heavy atom. The van der Waals surface area contributed by atoms with Gasteiger partial charge in [0.15, 0.2) is 5.75 Å². The number of alkyl halides is 3. The van der Waals surface area contributed by atoms with Gasteiger partial charge in [-0.15, -0.1) is 0 Å². The first-order chi connectivity index (χ1) is 13.5. The van der Waals surface area contributed by atoms with Crippen LogP contribution in [0.25, 0.3) is 0 Å². The van der Waals surface area contributed by atoms with E-state index in [9.17, 15) is 38.5 Å². The molecule has 0 amide bonds. The van der Waals surface area contributed by atoms with Gasteiger partial charge in [0.05, 0.1) is 28.2 Å². The number of benzene rings is 2. The molecule has 0 unspecified atom stereocenters. The maximum atomic E-state index is 12.7. The minimum atomic E-state index is -4.76. The van der Waals surface area contributed by atoms with Gasteiger partial charge in [-0.25, -0.2) is 0 Å². The van der Waals surface area contributed by atoms with Gasteiger partial charge < -0.3 is 9.84 Å². The summed E-state index contributed by atoms with van der Waals surface area (Å²) < 4.78 is 43.2. The van der Waals surface area contributed by atoms with E-state index >= 15 is 0 Å². The summed E-state index contributed by atoms with van der Waals surface area (Å²) in [7, 11) is 0. The molecular formula is C16H13F3N4O6. The quantitative estimate of drug-likeness (QED) is 0.395. The van der Waals surface area contributed by atoms with E-state index in [2.05, 4.69) is 10.5 Å². The third kappa shape index (κ3) is 5.09. The van der Waals surface area contributed by atoms with Crippen molar-refractivity contribution in [1.82, 2.24) is 0 Å². The largest absolute Gasteiger partial charge is 0.500 e. The molecule has 10 nitrogen and oxygen atoms in total. The molecule has 0 heterocycles. The normalized spacial score (nSPS) is 11.4. The Morgan fingerprint density at radius 2 is 1.83 bits per heavy atom. The van der Waals surface area contributed by atoms with E-state index in [1.54, 1.807) is 6.92 Å². The highest BCUT2D eigenvalue weighted by Crippen LogP contribution is 2.37. The molecule has 2 aromatic rings. The van der Waals surface area contributed by atoms with Crippen molar-refractivity contribution in [1.29, 1.82) is 0 Å². The van der Waals surface area contributed by atoms with Gasteiger partial charge in [0, 0.05) is 17.7 Å². The molecule has 0 saturated heterocycles. The van der Waals surface area contributed by atoms with Crippen LogP contribution in [0, 0.1) is 20.2 Å². The maximum absolute atomic E-state index is 12.7. The number of nitrogens with zero attached hydrogens (tertiary/aromatic N) is 3. The van der Waals surface area contributed by atoms with Crippen molar-refractivity contribution in [2.45, 2.75) is 13.1 Å². The van der Waals surface area contributed by atoms with E-state index in [1.165, 1.54) is 6.07 Å². The monoisotopic (exact) mass is 414 g/mol. The Hall–Kier alpha value is -3.90. The van der Waals surface area contributed by atoms with Crippen LogP contribution in [0.3, 0.4) is 0 Å². The van der Waals surface area contributed by atoms with Crippen LogP contribution >= 0.6 is 0 Å². The van der Waals surface area contributed by atoms with Gasteiger partial charge in [-0.05, 0) is 25.1 Å². The first-order valence-electron chi connectivity index (χ1n) is 7.83. The highest BCUT2D eigenvalue weighted by molar-refractivity contribution is 5.84. The maximum Gasteiger partial charge on any atom is 0.416 e. The molecule has 0 fully saturated rings. The standard InChI is InChI=1S/C16H13F3N4O6/c1-2-29-14-6-9(5-13(15(14)24)23(27)28)8-20-21-11-4-3-10(16(17,18)19)7-12(11)22(25)26/h3-8,21,24H,2H2,1H3/b20-8-. The Kier molecular flexibility index (Phi) is 6.21. The summed E-state index contributed by atoms with van der Waals surface area (Å²) in [5, 5.41) is 35.5. The van der Waals surface area contributed by atoms with Gasteiger partial charge >= 0.3 is 11.9 Å². The molecule has 0 spiro atoms. The third-order valence-electron chi connectivity index (χ3n) is 3.49. The second-order valence-electron chi connectivity index (χ2n) is 5.43. The number of anilines is 1. The Morgan fingerprint density at radius 3 is 2.38 bits per heavy atom. The Bertz CT molecular complexity index is 978. The number of hydrazone groups is 1. The lowest BCUT2D eigenvalue weighted by atomic mass is 10.1. The molecule has 0 aliphatic heterocycles. The lowest BCUT2D eigenvalue weighted by Crippen LogP contribution is -2.06. The zero-order valence-electron chi connectivity index (χ0n) is 14.6. The van der Waals surface area contributed by atoms with Gasteiger partial charge in [-0.2, -0.15) is 18.3 Å². The molecule has 0 aliphatic rings. The number of halogens is 3. The number of ether oxygens (including phenoxy) is 1. The van der Waals surface area contributed by atoms with Crippen molar-refractivity contribution in [2.75, 3.05) is 12.0 Å². The summed E-state index contributed by atoms with van der Waals surface area (Å²) in [6.45, 7) is 1.71. The first kappa shape index (κ1) is 21.4. The van der Waals surface area contributed by atoms with Crippen LogP contribution in [0.5, 0.6) is 11.5 Å². The fourth-order valence-corrected chi connectivity index (χ4v) is 2.22. The average molecular weight is 414 g/mol. The Balaban J connectivity index is 2.34. The predicted octanol–water partition coefficient (Wildman–Crippen LogP) is 4.07. The highest BCUT2D eigenvalue weighted by Gasteiger charge is 2.33. The summed E-state index contributed by atoms with van der Waals surface area (Å²) in [4.78, 5) is 20.2. The molecule has 2 aromatic carbocycles. The predicted molar refractivity (Wildman–Crippen MR) is 95.2 cm³/mol. The smallest absolute Gasteiger partial charge is 0.416 e. The molecule has 0 aliphatic carbocycles. The second kappa shape index (κ2) is 8.41. The van der Waals surface area contributed by atoms with E-state index in [0.717, 1.165) is 18.3 Å². The molecule has 13 heteroatoms. The molecule has 0 radical (unpaired) electrons. The number of phenols is 1. The van der Waals surface area contributed by atoms with E-state index in [1.807, 2.05) is 0 Å². The minimum Gasteiger partial charge on any atom is -0.500 e. The fraction of sp³-hybridized carbons (Fsp3) is 0.188. The molecule has 154 valence electrons. The summed E-state index contributed by atoms with van der Waals surface area (Å²) in [5.74, 6) is -0.857. The summed E-state index contributed by atoms with van der Waals surface area (Å²) in [6, 6.07) is 4.05. The highest BCUT2D eigenvalue weighted by atomic mass is 19.4. The lowest BCUT2D eigenvalue weighted by molar-refractivity contribution is -0.386. The first-order valence-corrected chi connectivity index (χ1v) is 7.83. The van der Waals surface area contributed by atoms with E-state index in [4.69, 9.17) is 4.74 Å². The van der Waals surface area contributed by atoms with Gasteiger partial charge in [0.1, 0.15) is 5.69 Å². The van der Waals surface area contributed by atoms with E-state index < -0.39 is 38.7 Å². The topological polar surface area (TPSA) is 140 Å². The second-order valence-corrected chi connectivity index (χ2v) is 5.43. The van der Waals surface area contributed by atoms with Gasteiger partial charge in [0.25, 0.3) is 5.69 Å². The SMILES string of the molecule is CCOc1cc(/C=N\Nc2ccc(C(F)(F)F)cc2[N+](=O)[O-])cc([N+](=O)[O-])c1O. The lowest BCUT2D eigenvalue weighted by Gasteiger charge is -2.09. The number of phenolic OH excluding ortho intramolecular Hbond substituents is 1. The van der Waals surface area contributed by atoms with Crippen molar-refractivity contribution in [3.05, 3.63) is 61.7 Å². The van der Waals surface area contributed by atoms with Crippen LogP contribution in [-0.4, -0.2) is 27.8 Å². The van der Waals surface area contributed by atoms with Crippen LogP contribution in [0.2, 0.25) is 0 Å². The average Bonchev–Trinajstić information content (AvgIpc) is 2.63. The zero-order chi connectivity index (χ0) is 21.8. The summed E-state index contributed by atoms with van der Waals surface area (Å²) >= 11 is 0. The number of nitro benzene ring substituents is 2. The van der Waals surface area contributed by atoms with E-state index in [0.29, 0.717) is 12.1 Å². The molecule has 0 aromatic heterocycles. The van der Waals surface area contributed by atoms with Gasteiger partial charge in [0.2, 0.25) is 5.75 Å². The number of hydrogen-bond acceptors (Lipinski definition) is 8. The molecule has 0 bridgehead atoms. The van der Waals surface area contributed by atoms with Crippen molar-refractivity contribution in [3.63, 3.8) is 0 Å². The number of hydrogen-bond donors (Lipinski definition) is 2. The van der Waals surface area contributed by atoms with Crippen molar-refractivity contribution in [3.8, 4) is 11.5 Å². The summed E-state index contributed by atoms with van der Waals surface area (Å²) in [5.41, 5.74) is -0.713. The molecule has 0 saturated carbocycles. The summed E-state index contributed by atoms with van der Waals surface area (Å²) in [6.07, 6.45) is -3.73.